The van der Waals surface area contributed by atoms with Crippen LogP contribution in [0.15, 0.2) is 54.7 Å². The van der Waals surface area contributed by atoms with Crippen LogP contribution in [0.25, 0.3) is 10.9 Å². The number of halogens is 1. The summed E-state index contributed by atoms with van der Waals surface area (Å²) in [6, 6.07) is 15.4. The molecule has 1 saturated heterocycles. The highest BCUT2D eigenvalue weighted by Crippen LogP contribution is 2.36. The van der Waals surface area contributed by atoms with E-state index < -0.39 is 12.1 Å². The third kappa shape index (κ3) is 7.44. The van der Waals surface area contributed by atoms with Crippen LogP contribution < -0.4 is 9.47 Å². The number of pyridine rings is 1. The highest BCUT2D eigenvalue weighted by molar-refractivity contribution is 5.83. The highest BCUT2D eigenvalue weighted by atomic mass is 19.1. The molecule has 1 aliphatic heterocycles. The van der Waals surface area contributed by atoms with Crippen LogP contribution in [-0.2, 0) is 11.2 Å². The summed E-state index contributed by atoms with van der Waals surface area (Å²) in [5, 5.41) is 10.3. The lowest BCUT2D eigenvalue weighted by Crippen LogP contribution is -2.41. The van der Waals surface area contributed by atoms with Gasteiger partial charge in [0.15, 0.2) is 0 Å². The molecule has 1 N–H and O–H groups in total. The molecule has 0 bridgehead atoms. The van der Waals surface area contributed by atoms with E-state index in [1.807, 2.05) is 30.3 Å². The van der Waals surface area contributed by atoms with E-state index in [-0.39, 0.29) is 18.3 Å². The van der Waals surface area contributed by atoms with E-state index in [1.165, 1.54) is 5.56 Å². The van der Waals surface area contributed by atoms with Crippen molar-refractivity contribution in [1.29, 1.82) is 0 Å². The Balaban J connectivity index is 1.30. The van der Waals surface area contributed by atoms with Crippen LogP contribution in [0, 0.1) is 11.8 Å². The minimum absolute atomic E-state index is 0.0427. The first-order valence-electron chi connectivity index (χ1n) is 13.6. The Hall–Kier alpha value is -3.19. The van der Waals surface area contributed by atoms with Gasteiger partial charge in [-0.1, -0.05) is 12.1 Å². The smallest absolute Gasteiger partial charge is 0.303 e. The number of nitrogens with zero attached hydrogens (tertiary/aromatic N) is 2. The van der Waals surface area contributed by atoms with E-state index in [0.717, 1.165) is 62.0 Å². The lowest BCUT2D eigenvalue weighted by Gasteiger charge is -2.38. The second-order valence-corrected chi connectivity index (χ2v) is 10.3. The largest absolute Gasteiger partial charge is 0.497 e. The van der Waals surface area contributed by atoms with E-state index >= 15 is 4.39 Å². The van der Waals surface area contributed by atoms with Gasteiger partial charge in [-0.2, -0.15) is 0 Å². The van der Waals surface area contributed by atoms with Crippen LogP contribution in [0.4, 0.5) is 4.39 Å². The summed E-state index contributed by atoms with van der Waals surface area (Å²) in [6.07, 6.45) is 5.75. The van der Waals surface area contributed by atoms with Crippen LogP contribution in [0.2, 0.25) is 0 Å². The maximum Gasteiger partial charge on any atom is 0.303 e. The average molecular weight is 523 g/mol. The summed E-state index contributed by atoms with van der Waals surface area (Å²) in [7, 11) is 3.28. The molecule has 3 atom stereocenters. The van der Waals surface area contributed by atoms with E-state index in [2.05, 4.69) is 22.0 Å². The van der Waals surface area contributed by atoms with Gasteiger partial charge < -0.3 is 19.5 Å². The molecule has 0 radical (unpaired) electrons. The molecule has 4 rings (SSSR count). The number of carbonyl (C=O) groups is 1. The van der Waals surface area contributed by atoms with Gasteiger partial charge in [-0.25, -0.2) is 4.39 Å². The van der Waals surface area contributed by atoms with Gasteiger partial charge in [0, 0.05) is 24.5 Å². The van der Waals surface area contributed by atoms with Gasteiger partial charge in [0.1, 0.15) is 17.7 Å². The first-order chi connectivity index (χ1) is 18.5. The number of aryl methyl sites for hydroxylation is 1. The topological polar surface area (TPSA) is 71.9 Å². The molecule has 6 nitrogen and oxygen atoms in total. The lowest BCUT2D eigenvalue weighted by molar-refractivity contribution is -0.139. The zero-order valence-electron chi connectivity index (χ0n) is 22.4. The Labute approximate surface area is 224 Å². The number of aliphatic carboxylic acids is 1. The predicted molar refractivity (Wildman–Crippen MR) is 148 cm³/mol. The van der Waals surface area contributed by atoms with Crippen molar-refractivity contribution in [2.45, 2.75) is 51.1 Å². The molecule has 0 saturated carbocycles. The Morgan fingerprint density at radius 3 is 2.71 bits per heavy atom. The molecule has 0 spiro atoms. The highest BCUT2D eigenvalue weighted by Gasteiger charge is 2.31. The molecule has 7 heteroatoms. The summed E-state index contributed by atoms with van der Waals surface area (Å²) >= 11 is 0. The van der Waals surface area contributed by atoms with Crippen molar-refractivity contribution in [2.24, 2.45) is 11.8 Å². The van der Waals surface area contributed by atoms with Crippen molar-refractivity contribution < 1.29 is 23.8 Å². The zero-order chi connectivity index (χ0) is 26.9. The fourth-order valence-electron chi connectivity index (χ4n) is 5.75. The number of alkyl halides is 1. The number of rotatable bonds is 13. The number of hydrogen-bond donors (Lipinski definition) is 1. The minimum Gasteiger partial charge on any atom is -0.497 e. The number of carboxylic acids is 1. The molecule has 38 heavy (non-hydrogen) atoms. The summed E-state index contributed by atoms with van der Waals surface area (Å²) in [4.78, 5) is 18.4. The van der Waals surface area contributed by atoms with E-state index in [0.29, 0.717) is 24.2 Å². The second kappa shape index (κ2) is 13.6. The zero-order valence-corrected chi connectivity index (χ0v) is 22.4. The van der Waals surface area contributed by atoms with E-state index in [9.17, 15) is 9.90 Å². The number of unbranched alkanes of at least 4 members (excludes halogenated alkanes) is 1. The van der Waals surface area contributed by atoms with Crippen molar-refractivity contribution in [3.8, 4) is 11.5 Å². The Kier molecular flexibility index (Phi) is 9.93. The number of likely N-dealkylation sites (tertiary alicyclic amines) is 1. The molecule has 0 aliphatic carbocycles. The number of hydrogen-bond acceptors (Lipinski definition) is 5. The first kappa shape index (κ1) is 27.8. The molecule has 3 aromatic rings. The third-order valence-corrected chi connectivity index (χ3v) is 7.85. The molecule has 1 aromatic heterocycles. The number of methoxy groups -OCH3 is 2. The predicted octanol–water partition coefficient (Wildman–Crippen LogP) is 6.48. The quantitative estimate of drug-likeness (QED) is 0.259. The normalized spacial score (nSPS) is 18.8. The summed E-state index contributed by atoms with van der Waals surface area (Å²) in [5.74, 6) is 1.04. The Morgan fingerprint density at radius 2 is 1.92 bits per heavy atom. The SMILES string of the molecule is COc1cccc(CCCCN2CC[C@@H](CC[C@@H](F)c3ccnc4ccc(OC)cc34)[C@@H](CC(=O)O)C2)c1. The number of benzene rings is 2. The van der Waals surface area contributed by atoms with Crippen molar-refractivity contribution in [3.63, 3.8) is 0 Å². The van der Waals surface area contributed by atoms with Crippen molar-refractivity contribution in [3.05, 3.63) is 65.9 Å². The fraction of sp³-hybridized carbons (Fsp3) is 0.484. The Morgan fingerprint density at radius 1 is 1.11 bits per heavy atom. The molecule has 204 valence electrons. The van der Waals surface area contributed by atoms with Gasteiger partial charge in [0.05, 0.1) is 19.7 Å². The Bertz CT molecular complexity index is 1200. The van der Waals surface area contributed by atoms with Gasteiger partial charge in [-0.15, -0.1) is 0 Å². The first-order valence-corrected chi connectivity index (χ1v) is 13.6. The molecule has 2 heterocycles. The van der Waals surface area contributed by atoms with Gasteiger partial charge in [0.25, 0.3) is 0 Å². The molecule has 1 fully saturated rings. The minimum atomic E-state index is -1.13. The van der Waals surface area contributed by atoms with Gasteiger partial charge >= 0.3 is 5.97 Å². The van der Waals surface area contributed by atoms with E-state index in [1.54, 1.807) is 26.5 Å². The number of fused-ring (bicyclic) bond motifs is 1. The van der Waals surface area contributed by atoms with Crippen molar-refractivity contribution in [1.82, 2.24) is 9.88 Å². The molecular formula is C31H39FN2O4. The van der Waals surface area contributed by atoms with Crippen LogP contribution in [0.5, 0.6) is 11.5 Å². The molecule has 0 amide bonds. The third-order valence-electron chi connectivity index (χ3n) is 7.85. The van der Waals surface area contributed by atoms with Crippen molar-refractivity contribution in [2.75, 3.05) is 33.9 Å². The monoisotopic (exact) mass is 522 g/mol. The van der Waals surface area contributed by atoms with Gasteiger partial charge in [-0.3, -0.25) is 9.78 Å². The maximum absolute atomic E-state index is 15.5. The van der Waals surface area contributed by atoms with Crippen LogP contribution in [-0.4, -0.2) is 54.8 Å². The maximum atomic E-state index is 15.5. The van der Waals surface area contributed by atoms with E-state index in [4.69, 9.17) is 9.47 Å². The molecule has 1 aliphatic rings. The number of carboxylic acid groups (broad SMARTS) is 1. The summed E-state index contributed by atoms with van der Waals surface area (Å²) in [6.45, 7) is 2.66. The van der Waals surface area contributed by atoms with Crippen molar-refractivity contribution >= 4 is 16.9 Å². The van der Waals surface area contributed by atoms with Crippen LogP contribution >= 0.6 is 0 Å². The average Bonchev–Trinajstić information content (AvgIpc) is 2.93. The number of piperidine rings is 1. The van der Waals surface area contributed by atoms with Crippen LogP contribution in [0.1, 0.15) is 55.8 Å². The molecular weight excluding hydrogens is 483 g/mol. The second-order valence-electron chi connectivity index (χ2n) is 10.3. The van der Waals surface area contributed by atoms with Gasteiger partial charge in [-0.05, 0) is 111 Å². The van der Waals surface area contributed by atoms with Crippen LogP contribution in [0.3, 0.4) is 0 Å². The number of ether oxygens (including phenoxy) is 2. The van der Waals surface area contributed by atoms with Gasteiger partial charge in [0.2, 0.25) is 0 Å². The molecule has 0 unspecified atom stereocenters. The fourth-order valence-corrected chi connectivity index (χ4v) is 5.75. The lowest BCUT2D eigenvalue weighted by atomic mass is 9.79. The summed E-state index contributed by atoms with van der Waals surface area (Å²) < 4.78 is 26.1. The molecule has 2 aromatic carbocycles. The summed E-state index contributed by atoms with van der Waals surface area (Å²) in [5.41, 5.74) is 2.64. The standard InChI is InChI=1S/C31H39FN2O4/c1-37-25-8-5-7-22(18-25)6-3-4-16-34-17-14-23(24(21-34)19-31(35)36)9-11-29(32)27-13-15-33-30-12-10-26(38-2)20-28(27)30/h5,7-8,10,12-13,15,18,20,23-24,29H,3-4,6,9,11,14,16-17,19,21H2,1-2H3,(H,35,36)/t23-,24+,29-/m1/s1. The number of aromatic nitrogens is 1.